The maximum atomic E-state index is 12.9. The van der Waals surface area contributed by atoms with Gasteiger partial charge in [-0.3, -0.25) is 9.59 Å². The van der Waals surface area contributed by atoms with Crippen LogP contribution in [-0.4, -0.2) is 36.9 Å². The zero-order valence-corrected chi connectivity index (χ0v) is 16.8. The number of hydrogen-bond donors (Lipinski definition) is 1. The topological polar surface area (TPSA) is 58.6 Å². The van der Waals surface area contributed by atoms with Crippen LogP contribution in [0.5, 0.6) is 5.75 Å². The molecule has 2 amide bonds. The highest BCUT2D eigenvalue weighted by molar-refractivity contribution is 5.95. The summed E-state index contributed by atoms with van der Waals surface area (Å²) in [7, 11) is 1.63. The van der Waals surface area contributed by atoms with Crippen molar-refractivity contribution in [3.63, 3.8) is 0 Å². The maximum absolute atomic E-state index is 12.9. The fourth-order valence-corrected chi connectivity index (χ4v) is 3.65. The van der Waals surface area contributed by atoms with E-state index >= 15 is 0 Å². The minimum atomic E-state index is -0.586. The molecule has 5 heteroatoms. The first kappa shape index (κ1) is 19.9. The van der Waals surface area contributed by atoms with Crippen molar-refractivity contribution in [3.8, 4) is 5.75 Å². The summed E-state index contributed by atoms with van der Waals surface area (Å²) < 4.78 is 5.23. The highest BCUT2D eigenvalue weighted by Crippen LogP contribution is 2.30. The molecule has 0 bridgehead atoms. The van der Waals surface area contributed by atoms with Gasteiger partial charge >= 0.3 is 0 Å². The summed E-state index contributed by atoms with van der Waals surface area (Å²) in [6.07, 6.45) is 1.59. The van der Waals surface area contributed by atoms with Gasteiger partial charge in [0.1, 0.15) is 5.75 Å². The number of methoxy groups -OCH3 is 1. The third-order valence-electron chi connectivity index (χ3n) is 5.42. The lowest BCUT2D eigenvalue weighted by Crippen LogP contribution is -2.51. The van der Waals surface area contributed by atoms with Crippen LogP contribution in [0, 0.1) is 12.3 Å². The summed E-state index contributed by atoms with van der Waals surface area (Å²) in [5.74, 6) is 0.744. The zero-order chi connectivity index (χ0) is 20.1. The third kappa shape index (κ3) is 4.53. The number of piperidine rings is 1. The average Bonchev–Trinajstić information content (AvgIpc) is 2.72. The van der Waals surface area contributed by atoms with Crippen LogP contribution in [0.15, 0.2) is 48.5 Å². The molecule has 1 aliphatic rings. The molecule has 2 aromatic rings. The molecule has 3 rings (SSSR count). The average molecular weight is 380 g/mol. The van der Waals surface area contributed by atoms with E-state index in [-0.39, 0.29) is 11.8 Å². The first-order valence-corrected chi connectivity index (χ1v) is 9.68. The Morgan fingerprint density at radius 2 is 1.93 bits per heavy atom. The molecule has 5 nitrogen and oxygen atoms in total. The van der Waals surface area contributed by atoms with Crippen LogP contribution >= 0.6 is 0 Å². The lowest BCUT2D eigenvalue weighted by atomic mass is 9.80. The SMILES string of the molecule is COc1cccc(CNC(=O)[C@@]2(C)CCCN(C(=O)c3ccc(C)cc3)C2)c1. The molecule has 0 aromatic heterocycles. The van der Waals surface area contributed by atoms with E-state index in [1.54, 1.807) is 12.0 Å². The number of benzene rings is 2. The molecule has 148 valence electrons. The second kappa shape index (κ2) is 8.46. The number of nitrogens with one attached hydrogen (secondary N) is 1. The first-order chi connectivity index (χ1) is 13.4. The maximum Gasteiger partial charge on any atom is 0.253 e. The van der Waals surface area contributed by atoms with Gasteiger partial charge in [0.2, 0.25) is 5.91 Å². The van der Waals surface area contributed by atoms with Crippen molar-refractivity contribution in [2.75, 3.05) is 20.2 Å². The molecular formula is C23H28N2O3. The number of amides is 2. The van der Waals surface area contributed by atoms with E-state index in [4.69, 9.17) is 4.74 Å². The summed E-state index contributed by atoms with van der Waals surface area (Å²) >= 11 is 0. The van der Waals surface area contributed by atoms with Gasteiger partial charge in [-0.05, 0) is 56.5 Å². The number of carbonyl (C=O) groups is 2. The van der Waals surface area contributed by atoms with Gasteiger partial charge in [0, 0.05) is 25.2 Å². The Bertz CT molecular complexity index is 847. The quantitative estimate of drug-likeness (QED) is 0.863. The van der Waals surface area contributed by atoms with E-state index in [1.165, 1.54) is 0 Å². The minimum absolute atomic E-state index is 0.00785. The largest absolute Gasteiger partial charge is 0.497 e. The van der Waals surface area contributed by atoms with E-state index in [1.807, 2.05) is 62.4 Å². The Balaban J connectivity index is 1.64. The summed E-state index contributed by atoms with van der Waals surface area (Å²) in [5, 5.41) is 3.03. The Morgan fingerprint density at radius 1 is 1.18 bits per heavy atom. The molecule has 0 spiro atoms. The Morgan fingerprint density at radius 3 is 2.64 bits per heavy atom. The summed E-state index contributed by atoms with van der Waals surface area (Å²) in [6.45, 7) is 5.51. The molecule has 1 atom stereocenters. The second-order valence-corrected chi connectivity index (χ2v) is 7.79. The highest BCUT2D eigenvalue weighted by atomic mass is 16.5. The van der Waals surface area contributed by atoms with Gasteiger partial charge < -0.3 is 15.0 Å². The Hall–Kier alpha value is -2.82. The van der Waals surface area contributed by atoms with Crippen LogP contribution in [0.2, 0.25) is 0 Å². The van der Waals surface area contributed by atoms with Crippen LogP contribution in [0.1, 0.15) is 41.3 Å². The van der Waals surface area contributed by atoms with E-state index in [0.29, 0.717) is 25.2 Å². The first-order valence-electron chi connectivity index (χ1n) is 9.68. The van der Waals surface area contributed by atoms with Crippen molar-refractivity contribution in [3.05, 3.63) is 65.2 Å². The van der Waals surface area contributed by atoms with Crippen LogP contribution in [0.25, 0.3) is 0 Å². The van der Waals surface area contributed by atoms with Crippen molar-refractivity contribution in [1.29, 1.82) is 0 Å². The zero-order valence-electron chi connectivity index (χ0n) is 16.8. The van der Waals surface area contributed by atoms with Crippen molar-refractivity contribution < 1.29 is 14.3 Å². The Kier molecular flexibility index (Phi) is 6.02. The van der Waals surface area contributed by atoms with Crippen molar-refractivity contribution in [2.45, 2.75) is 33.2 Å². The monoisotopic (exact) mass is 380 g/mol. The molecule has 1 heterocycles. The van der Waals surface area contributed by atoms with Gasteiger partial charge in [-0.25, -0.2) is 0 Å². The van der Waals surface area contributed by atoms with E-state index in [2.05, 4.69) is 5.32 Å². The molecule has 0 aliphatic carbocycles. The molecule has 0 saturated carbocycles. The van der Waals surface area contributed by atoms with Gasteiger partial charge in [-0.1, -0.05) is 29.8 Å². The summed E-state index contributed by atoms with van der Waals surface area (Å²) in [6, 6.07) is 15.2. The molecule has 28 heavy (non-hydrogen) atoms. The lowest BCUT2D eigenvalue weighted by Gasteiger charge is -2.39. The smallest absolute Gasteiger partial charge is 0.253 e. The van der Waals surface area contributed by atoms with Gasteiger partial charge in [0.15, 0.2) is 0 Å². The number of likely N-dealkylation sites (tertiary alicyclic amines) is 1. The molecule has 1 N–H and O–H groups in total. The predicted octanol–water partition coefficient (Wildman–Crippen LogP) is 3.56. The fraction of sp³-hybridized carbons (Fsp3) is 0.391. The van der Waals surface area contributed by atoms with Crippen molar-refractivity contribution in [2.24, 2.45) is 5.41 Å². The fourth-order valence-electron chi connectivity index (χ4n) is 3.65. The number of carbonyl (C=O) groups excluding carboxylic acids is 2. The molecular weight excluding hydrogens is 352 g/mol. The summed E-state index contributed by atoms with van der Waals surface area (Å²) in [4.78, 5) is 27.6. The summed E-state index contributed by atoms with van der Waals surface area (Å²) in [5.41, 5.74) is 2.19. The normalized spacial score (nSPS) is 19.2. The lowest BCUT2D eigenvalue weighted by molar-refractivity contribution is -0.132. The molecule has 1 fully saturated rings. The van der Waals surface area contributed by atoms with Crippen LogP contribution in [0.4, 0.5) is 0 Å². The van der Waals surface area contributed by atoms with E-state index in [0.717, 1.165) is 29.7 Å². The third-order valence-corrected chi connectivity index (χ3v) is 5.42. The number of nitrogens with zero attached hydrogens (tertiary/aromatic N) is 1. The second-order valence-electron chi connectivity index (χ2n) is 7.79. The van der Waals surface area contributed by atoms with Gasteiger partial charge in [-0.15, -0.1) is 0 Å². The van der Waals surface area contributed by atoms with Gasteiger partial charge in [-0.2, -0.15) is 0 Å². The molecule has 0 radical (unpaired) electrons. The highest BCUT2D eigenvalue weighted by Gasteiger charge is 2.39. The van der Waals surface area contributed by atoms with Crippen LogP contribution < -0.4 is 10.1 Å². The molecule has 1 aliphatic heterocycles. The minimum Gasteiger partial charge on any atom is -0.497 e. The standard InChI is InChI=1S/C23H28N2O3/c1-17-8-10-19(11-9-17)21(26)25-13-5-12-23(2,16-25)22(27)24-15-18-6-4-7-20(14-18)28-3/h4,6-11,14H,5,12-13,15-16H2,1-3H3,(H,24,27)/t23-/m0/s1. The van der Waals surface area contributed by atoms with Gasteiger partial charge in [0.25, 0.3) is 5.91 Å². The van der Waals surface area contributed by atoms with Crippen molar-refractivity contribution in [1.82, 2.24) is 10.2 Å². The van der Waals surface area contributed by atoms with Gasteiger partial charge in [0.05, 0.1) is 12.5 Å². The van der Waals surface area contributed by atoms with Crippen molar-refractivity contribution >= 4 is 11.8 Å². The van der Waals surface area contributed by atoms with Crippen LogP contribution in [-0.2, 0) is 11.3 Å². The molecule has 2 aromatic carbocycles. The van der Waals surface area contributed by atoms with Crippen LogP contribution in [0.3, 0.4) is 0 Å². The number of aryl methyl sites for hydroxylation is 1. The molecule has 0 unspecified atom stereocenters. The molecule has 1 saturated heterocycles. The van der Waals surface area contributed by atoms with E-state index < -0.39 is 5.41 Å². The number of hydrogen-bond acceptors (Lipinski definition) is 3. The predicted molar refractivity (Wildman–Crippen MR) is 109 cm³/mol. The number of ether oxygens (including phenoxy) is 1. The Labute approximate surface area is 166 Å². The number of rotatable bonds is 5. The van der Waals surface area contributed by atoms with E-state index in [9.17, 15) is 9.59 Å².